The van der Waals surface area contributed by atoms with E-state index in [1.54, 1.807) is 24.1 Å². The van der Waals surface area contributed by atoms with E-state index in [1.807, 2.05) is 43.3 Å². The van der Waals surface area contributed by atoms with Gasteiger partial charge >= 0.3 is 0 Å². The molecule has 0 aromatic heterocycles. The van der Waals surface area contributed by atoms with Crippen LogP contribution in [0, 0.1) is 5.41 Å². The third-order valence-electron chi connectivity index (χ3n) is 3.98. The smallest absolute Gasteiger partial charge is 0.137 e. The number of hydrogen-bond donors (Lipinski definition) is 2. The number of nitrogens with zero attached hydrogens (tertiary/aromatic N) is 1. The molecule has 1 atom stereocenters. The van der Waals surface area contributed by atoms with Gasteiger partial charge in [0, 0.05) is 16.8 Å². The monoisotopic (exact) mass is 328 g/mol. The Kier molecular flexibility index (Phi) is 4.01. The van der Waals surface area contributed by atoms with Gasteiger partial charge in [0.1, 0.15) is 17.3 Å². The van der Waals surface area contributed by atoms with E-state index in [1.165, 1.54) is 0 Å². The molecule has 4 nitrogen and oxygen atoms in total. The van der Waals surface area contributed by atoms with Crippen molar-refractivity contribution in [2.45, 2.75) is 13.0 Å². The lowest BCUT2D eigenvalue weighted by Gasteiger charge is -2.24. The summed E-state index contributed by atoms with van der Waals surface area (Å²) in [7, 11) is 1.60. The fourth-order valence-electron chi connectivity index (χ4n) is 2.78. The summed E-state index contributed by atoms with van der Waals surface area (Å²) in [5.41, 5.74) is 2.10. The van der Waals surface area contributed by atoms with Crippen molar-refractivity contribution in [1.82, 2.24) is 0 Å². The van der Waals surface area contributed by atoms with Crippen LogP contribution in [-0.2, 0) is 0 Å². The van der Waals surface area contributed by atoms with Crippen molar-refractivity contribution in [3.05, 3.63) is 64.9 Å². The lowest BCUT2D eigenvalue weighted by Crippen LogP contribution is -2.33. The molecule has 0 radical (unpaired) electrons. The van der Waals surface area contributed by atoms with Gasteiger partial charge in [0.15, 0.2) is 0 Å². The molecule has 2 N–H and O–H groups in total. The number of benzene rings is 2. The van der Waals surface area contributed by atoms with Crippen LogP contribution in [0.25, 0.3) is 5.57 Å². The predicted molar refractivity (Wildman–Crippen MR) is 93.7 cm³/mol. The third kappa shape index (κ3) is 2.66. The molecule has 118 valence electrons. The number of halogens is 1. The highest BCUT2D eigenvalue weighted by atomic mass is 35.5. The summed E-state index contributed by atoms with van der Waals surface area (Å²) in [6.07, 6.45) is 0. The zero-order chi connectivity index (χ0) is 16.6. The SMILES string of the molecule is COc1cccc(N2C(=N)C(c3ccc(Cl)cc3)=C(O)C2C)c1. The number of anilines is 1. The average Bonchev–Trinajstić information content (AvgIpc) is 2.78. The molecule has 0 saturated heterocycles. The molecular weight excluding hydrogens is 312 g/mol. The second-order valence-corrected chi connectivity index (χ2v) is 5.80. The van der Waals surface area contributed by atoms with Gasteiger partial charge in [-0.15, -0.1) is 0 Å². The van der Waals surface area contributed by atoms with Gasteiger partial charge in [-0.1, -0.05) is 29.8 Å². The van der Waals surface area contributed by atoms with Crippen LogP contribution in [0.3, 0.4) is 0 Å². The largest absolute Gasteiger partial charge is 0.509 e. The quantitative estimate of drug-likeness (QED) is 0.872. The summed E-state index contributed by atoms with van der Waals surface area (Å²) in [5, 5.41) is 19.7. The minimum Gasteiger partial charge on any atom is -0.509 e. The number of nitrogens with one attached hydrogen (secondary N) is 1. The molecule has 23 heavy (non-hydrogen) atoms. The van der Waals surface area contributed by atoms with Gasteiger partial charge < -0.3 is 14.7 Å². The van der Waals surface area contributed by atoms with Crippen LogP contribution in [0.1, 0.15) is 12.5 Å². The lowest BCUT2D eigenvalue weighted by atomic mass is 10.0. The molecular formula is C18H17ClN2O2. The van der Waals surface area contributed by atoms with Crippen molar-refractivity contribution in [2.24, 2.45) is 0 Å². The Morgan fingerprint density at radius 1 is 1.17 bits per heavy atom. The van der Waals surface area contributed by atoms with Crippen molar-refractivity contribution in [1.29, 1.82) is 5.41 Å². The molecule has 1 heterocycles. The van der Waals surface area contributed by atoms with Crippen molar-refractivity contribution < 1.29 is 9.84 Å². The van der Waals surface area contributed by atoms with E-state index in [-0.39, 0.29) is 17.6 Å². The number of methoxy groups -OCH3 is 1. The fourth-order valence-corrected chi connectivity index (χ4v) is 2.91. The van der Waals surface area contributed by atoms with Gasteiger partial charge in [0.25, 0.3) is 0 Å². The summed E-state index contributed by atoms with van der Waals surface area (Å²) in [5.74, 6) is 1.15. The third-order valence-corrected chi connectivity index (χ3v) is 4.23. The molecule has 1 aliphatic rings. The number of rotatable bonds is 3. The number of aliphatic hydroxyl groups excluding tert-OH is 1. The Morgan fingerprint density at radius 2 is 1.87 bits per heavy atom. The highest BCUT2D eigenvalue weighted by molar-refractivity contribution is 6.32. The standard InChI is InChI=1S/C18H17ClN2O2/c1-11-17(22)16(12-6-8-13(19)9-7-12)18(20)21(11)14-4-3-5-15(10-14)23-2/h3-11,20,22H,1-2H3. The first-order valence-electron chi connectivity index (χ1n) is 7.24. The Hall–Kier alpha value is -2.46. The van der Waals surface area contributed by atoms with Gasteiger partial charge in [-0.25, -0.2) is 0 Å². The highest BCUT2D eigenvalue weighted by Crippen LogP contribution is 2.36. The number of amidine groups is 1. The van der Waals surface area contributed by atoms with E-state index in [0.29, 0.717) is 16.3 Å². The van der Waals surface area contributed by atoms with Gasteiger partial charge in [-0.3, -0.25) is 5.41 Å². The van der Waals surface area contributed by atoms with E-state index in [2.05, 4.69) is 0 Å². The second kappa shape index (κ2) is 5.97. The highest BCUT2D eigenvalue weighted by Gasteiger charge is 2.35. The molecule has 5 heteroatoms. The first kappa shape index (κ1) is 15.4. The minimum absolute atomic E-state index is 0.181. The summed E-state index contributed by atoms with van der Waals surface area (Å²) in [4.78, 5) is 1.78. The first-order chi connectivity index (χ1) is 11.0. The van der Waals surface area contributed by atoms with Crippen molar-refractivity contribution >= 4 is 28.7 Å². The van der Waals surface area contributed by atoms with Crippen molar-refractivity contribution in [3.8, 4) is 5.75 Å². The number of aliphatic hydroxyl groups is 1. The lowest BCUT2D eigenvalue weighted by molar-refractivity contribution is 0.384. The Bertz CT molecular complexity index is 784. The van der Waals surface area contributed by atoms with Crippen LogP contribution in [0.5, 0.6) is 5.75 Å². The molecule has 2 aromatic carbocycles. The zero-order valence-electron chi connectivity index (χ0n) is 12.9. The van der Waals surface area contributed by atoms with Crippen LogP contribution < -0.4 is 9.64 Å². The molecule has 0 saturated carbocycles. The van der Waals surface area contributed by atoms with Gasteiger partial charge in [0.2, 0.25) is 0 Å². The first-order valence-corrected chi connectivity index (χ1v) is 7.62. The molecule has 1 aliphatic heterocycles. The maximum Gasteiger partial charge on any atom is 0.137 e. The van der Waals surface area contributed by atoms with E-state index in [0.717, 1.165) is 11.3 Å². The van der Waals surface area contributed by atoms with E-state index in [4.69, 9.17) is 21.7 Å². The molecule has 2 aromatic rings. The summed E-state index contributed by atoms with van der Waals surface area (Å²) in [6, 6.07) is 14.3. The topological polar surface area (TPSA) is 56.5 Å². The van der Waals surface area contributed by atoms with E-state index >= 15 is 0 Å². The summed E-state index contributed by atoms with van der Waals surface area (Å²) >= 11 is 5.92. The summed E-state index contributed by atoms with van der Waals surface area (Å²) in [6.45, 7) is 1.87. The summed E-state index contributed by atoms with van der Waals surface area (Å²) < 4.78 is 5.25. The molecule has 0 amide bonds. The molecule has 3 rings (SSSR count). The van der Waals surface area contributed by atoms with Crippen LogP contribution in [0.15, 0.2) is 54.3 Å². The van der Waals surface area contributed by atoms with Crippen LogP contribution >= 0.6 is 11.6 Å². The second-order valence-electron chi connectivity index (χ2n) is 5.36. The molecule has 1 unspecified atom stereocenters. The number of ether oxygens (including phenoxy) is 1. The molecule has 0 bridgehead atoms. The molecule has 0 aliphatic carbocycles. The number of hydrogen-bond acceptors (Lipinski definition) is 3. The van der Waals surface area contributed by atoms with Gasteiger partial charge in [-0.2, -0.15) is 0 Å². The van der Waals surface area contributed by atoms with Crippen molar-refractivity contribution in [3.63, 3.8) is 0 Å². The van der Waals surface area contributed by atoms with E-state index < -0.39 is 0 Å². The normalized spacial score (nSPS) is 17.8. The van der Waals surface area contributed by atoms with Crippen LogP contribution in [0.4, 0.5) is 5.69 Å². The molecule has 0 spiro atoms. The van der Waals surface area contributed by atoms with E-state index in [9.17, 15) is 5.11 Å². The Balaban J connectivity index is 2.01. The van der Waals surface area contributed by atoms with Gasteiger partial charge in [-0.05, 0) is 36.8 Å². The average molecular weight is 329 g/mol. The fraction of sp³-hybridized carbons (Fsp3) is 0.167. The van der Waals surface area contributed by atoms with Gasteiger partial charge in [0.05, 0.1) is 18.7 Å². The predicted octanol–water partition coefficient (Wildman–Crippen LogP) is 4.50. The zero-order valence-corrected chi connectivity index (χ0v) is 13.6. The molecule has 0 fully saturated rings. The minimum atomic E-state index is -0.319. The van der Waals surface area contributed by atoms with Crippen LogP contribution in [0.2, 0.25) is 5.02 Å². The Morgan fingerprint density at radius 3 is 2.52 bits per heavy atom. The van der Waals surface area contributed by atoms with Crippen molar-refractivity contribution in [2.75, 3.05) is 12.0 Å². The van der Waals surface area contributed by atoms with Crippen LogP contribution in [-0.4, -0.2) is 24.1 Å². The maximum atomic E-state index is 10.5. The Labute approximate surface area is 140 Å². The maximum absolute atomic E-state index is 10.5.